The fourth-order valence-electron chi connectivity index (χ4n) is 3.12. The molecule has 0 bridgehead atoms. The summed E-state index contributed by atoms with van der Waals surface area (Å²) in [6, 6.07) is 8.27. The lowest BCUT2D eigenvalue weighted by Gasteiger charge is -2.28. The molecular formula is C20H23FN4O. The van der Waals surface area contributed by atoms with E-state index in [0.717, 1.165) is 35.1 Å². The molecule has 1 saturated carbocycles. The molecule has 136 valence electrons. The number of hydrogen-bond acceptors (Lipinski definition) is 3. The van der Waals surface area contributed by atoms with E-state index in [1.165, 1.54) is 18.6 Å². The number of amides is 1. The van der Waals surface area contributed by atoms with Gasteiger partial charge in [-0.15, -0.1) is 0 Å². The summed E-state index contributed by atoms with van der Waals surface area (Å²) in [4.78, 5) is 21.5. The lowest BCUT2D eigenvalue weighted by atomic mass is 9.93. The Hall–Kier alpha value is -2.76. The molecule has 1 aromatic carbocycles. The maximum Gasteiger partial charge on any atom is 0.231 e. The number of carbonyl (C=O) groups is 1. The predicted octanol–water partition coefficient (Wildman–Crippen LogP) is 4.42. The van der Waals surface area contributed by atoms with Crippen LogP contribution in [-0.4, -0.2) is 20.4 Å². The van der Waals surface area contributed by atoms with Gasteiger partial charge in [0.25, 0.3) is 0 Å². The smallest absolute Gasteiger partial charge is 0.231 e. The molecule has 5 nitrogen and oxygen atoms in total. The van der Waals surface area contributed by atoms with Gasteiger partial charge in [0, 0.05) is 12.2 Å². The van der Waals surface area contributed by atoms with Crippen LogP contribution in [0.2, 0.25) is 0 Å². The Kier molecular flexibility index (Phi) is 5.02. The Morgan fingerprint density at radius 2 is 2.04 bits per heavy atom. The summed E-state index contributed by atoms with van der Waals surface area (Å²) in [7, 11) is 0. The number of nitrogens with zero attached hydrogens (tertiary/aromatic N) is 3. The highest BCUT2D eigenvalue weighted by Gasteiger charge is 2.26. The van der Waals surface area contributed by atoms with Crippen LogP contribution >= 0.6 is 0 Å². The van der Waals surface area contributed by atoms with Crippen molar-refractivity contribution in [3.63, 3.8) is 0 Å². The molecule has 26 heavy (non-hydrogen) atoms. The first-order chi connectivity index (χ1) is 12.1. The van der Waals surface area contributed by atoms with Crippen LogP contribution in [0.4, 0.5) is 10.3 Å². The summed E-state index contributed by atoms with van der Waals surface area (Å²) < 4.78 is 15.0. The van der Waals surface area contributed by atoms with E-state index in [-0.39, 0.29) is 25.6 Å². The molecule has 2 aromatic heterocycles. The zero-order valence-electron chi connectivity index (χ0n) is 14.0. The molecule has 0 unspecified atom stereocenters. The van der Waals surface area contributed by atoms with Gasteiger partial charge < -0.3 is 0 Å². The highest BCUT2D eigenvalue weighted by atomic mass is 19.1. The molecule has 0 radical (unpaired) electrons. The average Bonchev–Trinajstić information content (AvgIpc) is 2.85. The van der Waals surface area contributed by atoms with Crippen molar-refractivity contribution in [2.45, 2.75) is 46.1 Å². The number of rotatable bonds is 4. The Bertz CT molecular complexity index is 929. The van der Waals surface area contributed by atoms with Gasteiger partial charge in [0.1, 0.15) is 11.3 Å². The van der Waals surface area contributed by atoms with Crippen LogP contribution in [0.1, 0.15) is 43.9 Å². The molecule has 3 aromatic rings. The number of hydrogen-bond donors (Lipinski definition) is 1. The third-order valence-electron chi connectivity index (χ3n) is 4.64. The molecule has 1 aliphatic carbocycles. The van der Waals surface area contributed by atoms with E-state index in [1.54, 1.807) is 12.1 Å². The number of imidazole rings is 1. The number of pyridine rings is 1. The molecule has 0 saturated heterocycles. The number of aryl methyl sites for hydroxylation is 1. The van der Waals surface area contributed by atoms with Gasteiger partial charge in [-0.25, -0.2) is 14.4 Å². The molecule has 1 amide bonds. The van der Waals surface area contributed by atoms with E-state index in [2.05, 4.69) is 15.3 Å². The lowest BCUT2D eigenvalue weighted by Crippen LogP contribution is -2.23. The molecule has 0 atom stereocenters. The van der Waals surface area contributed by atoms with Crippen molar-refractivity contribution < 1.29 is 9.18 Å². The molecule has 6 heteroatoms. The Labute approximate surface area is 152 Å². The van der Waals surface area contributed by atoms with Crippen LogP contribution in [0.25, 0.3) is 11.2 Å². The minimum atomic E-state index is -0.308. The van der Waals surface area contributed by atoms with Gasteiger partial charge in [0.05, 0.1) is 6.42 Å². The number of benzene rings is 1. The van der Waals surface area contributed by atoms with Crippen LogP contribution in [0.5, 0.6) is 0 Å². The van der Waals surface area contributed by atoms with Gasteiger partial charge in [0.15, 0.2) is 5.65 Å². The number of aromatic nitrogens is 3. The topological polar surface area (TPSA) is 59.8 Å². The molecule has 2 heterocycles. The van der Waals surface area contributed by atoms with Crippen LogP contribution in [-0.2, 0) is 11.2 Å². The van der Waals surface area contributed by atoms with Crippen LogP contribution in [0.3, 0.4) is 0 Å². The fourth-order valence-corrected chi connectivity index (χ4v) is 3.12. The van der Waals surface area contributed by atoms with Gasteiger partial charge in [-0.05, 0) is 55.5 Å². The van der Waals surface area contributed by atoms with E-state index in [0.29, 0.717) is 12.0 Å². The first-order valence-electron chi connectivity index (χ1n) is 8.49. The van der Waals surface area contributed by atoms with Crippen LogP contribution in [0.15, 0.2) is 36.5 Å². The molecule has 4 rings (SSSR count). The minimum Gasteiger partial charge on any atom is -0.296 e. The second-order valence-corrected chi connectivity index (χ2v) is 6.60. The van der Waals surface area contributed by atoms with Crippen molar-refractivity contribution in [1.29, 1.82) is 0 Å². The third-order valence-corrected chi connectivity index (χ3v) is 4.64. The molecular weight excluding hydrogens is 331 g/mol. The predicted molar refractivity (Wildman–Crippen MR) is 101 cm³/mol. The zero-order valence-corrected chi connectivity index (χ0v) is 14.0. The van der Waals surface area contributed by atoms with E-state index in [1.807, 2.05) is 23.8 Å². The van der Waals surface area contributed by atoms with Gasteiger partial charge >= 0.3 is 0 Å². The average molecular weight is 354 g/mol. The van der Waals surface area contributed by atoms with Crippen molar-refractivity contribution in [3.05, 3.63) is 53.5 Å². The van der Waals surface area contributed by atoms with Gasteiger partial charge in [-0.2, -0.15) is 0 Å². The first kappa shape index (κ1) is 18.0. The zero-order chi connectivity index (χ0) is 17.4. The summed E-state index contributed by atoms with van der Waals surface area (Å²) in [5.41, 5.74) is 3.41. The van der Waals surface area contributed by atoms with Crippen molar-refractivity contribution in [1.82, 2.24) is 14.5 Å². The van der Waals surface area contributed by atoms with Gasteiger partial charge in [-0.3, -0.25) is 14.7 Å². The van der Waals surface area contributed by atoms with E-state index in [4.69, 9.17) is 0 Å². The normalized spacial score (nSPS) is 13.9. The molecule has 0 aliphatic heterocycles. The van der Waals surface area contributed by atoms with E-state index in [9.17, 15) is 9.18 Å². The highest BCUT2D eigenvalue weighted by molar-refractivity contribution is 5.92. The third kappa shape index (κ3) is 3.45. The minimum absolute atomic E-state index is 0. The number of nitrogens with one attached hydrogen (secondary N) is 1. The Morgan fingerprint density at radius 1 is 1.31 bits per heavy atom. The molecule has 1 N–H and O–H groups in total. The van der Waals surface area contributed by atoms with Crippen molar-refractivity contribution >= 4 is 23.0 Å². The quantitative estimate of drug-likeness (QED) is 0.754. The fraction of sp³-hybridized carbons (Fsp3) is 0.350. The van der Waals surface area contributed by atoms with Crippen LogP contribution < -0.4 is 5.32 Å². The monoisotopic (exact) mass is 354 g/mol. The highest BCUT2D eigenvalue weighted by Crippen LogP contribution is 2.36. The summed E-state index contributed by atoms with van der Waals surface area (Å²) in [5.74, 6) is 0.0708. The number of fused-ring (bicyclic) bond motifs is 1. The molecule has 0 spiro atoms. The summed E-state index contributed by atoms with van der Waals surface area (Å²) in [5, 5.41) is 2.91. The SMILES string of the molecule is C.Cc1cnc2c(c1)nc(NC(=O)Cc1ccc(F)cc1)n2C1CCC1. The largest absolute Gasteiger partial charge is 0.296 e. The summed E-state index contributed by atoms with van der Waals surface area (Å²) in [6.07, 6.45) is 5.33. The van der Waals surface area contributed by atoms with Gasteiger partial charge in [-0.1, -0.05) is 19.6 Å². The number of halogens is 1. The van der Waals surface area contributed by atoms with Gasteiger partial charge in [0.2, 0.25) is 11.9 Å². The molecule has 1 aliphatic rings. The number of carbonyl (C=O) groups excluding carboxylic acids is 1. The van der Waals surface area contributed by atoms with Crippen LogP contribution in [0, 0.1) is 12.7 Å². The second-order valence-electron chi connectivity index (χ2n) is 6.60. The first-order valence-corrected chi connectivity index (χ1v) is 8.49. The summed E-state index contributed by atoms with van der Waals surface area (Å²) >= 11 is 0. The molecule has 1 fully saturated rings. The second kappa shape index (κ2) is 7.23. The Morgan fingerprint density at radius 3 is 2.69 bits per heavy atom. The standard InChI is InChI=1S/C19H19FN4O.CH4/c1-12-9-16-18(21-11-12)24(15-3-2-4-15)19(22-16)23-17(25)10-13-5-7-14(20)8-6-13;/h5-9,11,15H,2-4,10H2,1H3,(H,22,23,25);1H4. The lowest BCUT2D eigenvalue weighted by molar-refractivity contribution is -0.115. The number of anilines is 1. The van der Waals surface area contributed by atoms with Crippen molar-refractivity contribution in [2.24, 2.45) is 0 Å². The maximum absolute atomic E-state index is 13.0. The maximum atomic E-state index is 13.0. The Balaban J connectivity index is 0.00000196. The van der Waals surface area contributed by atoms with Crippen molar-refractivity contribution in [2.75, 3.05) is 5.32 Å². The van der Waals surface area contributed by atoms with Crippen molar-refractivity contribution in [3.8, 4) is 0 Å². The van der Waals surface area contributed by atoms with E-state index >= 15 is 0 Å². The summed E-state index contributed by atoms with van der Waals surface area (Å²) in [6.45, 7) is 1.97. The van der Waals surface area contributed by atoms with E-state index < -0.39 is 0 Å².